The fraction of sp³-hybridized carbons (Fsp3) is 0.923. The molecule has 0 aromatic rings. The van der Waals surface area contributed by atoms with Crippen LogP contribution in [0.3, 0.4) is 0 Å². The van der Waals surface area contributed by atoms with Crippen LogP contribution in [-0.2, 0) is 10.0 Å². The maximum Gasteiger partial charge on any atom is 0.227 e. The van der Waals surface area contributed by atoms with E-state index in [2.05, 4.69) is 13.8 Å². The van der Waals surface area contributed by atoms with Crippen molar-refractivity contribution in [3.8, 4) is 6.07 Å². The van der Waals surface area contributed by atoms with Gasteiger partial charge in [0.15, 0.2) is 5.75 Å². The summed E-state index contributed by atoms with van der Waals surface area (Å²) in [6.07, 6.45) is 2.12. The minimum atomic E-state index is -3.42. The molecule has 0 aromatic carbocycles. The molecular formula is C13H22N2O3S. The van der Waals surface area contributed by atoms with Crippen LogP contribution in [0.15, 0.2) is 0 Å². The highest BCUT2D eigenvalue weighted by Gasteiger charge is 2.55. The van der Waals surface area contributed by atoms with E-state index in [0.717, 1.165) is 6.42 Å². The lowest BCUT2D eigenvalue weighted by atomic mass is 9.53. The summed E-state index contributed by atoms with van der Waals surface area (Å²) in [5.74, 6) is 0.375. The number of aliphatic hydroxyl groups is 1. The molecule has 1 saturated heterocycles. The van der Waals surface area contributed by atoms with E-state index >= 15 is 0 Å². The van der Waals surface area contributed by atoms with Crippen LogP contribution in [-0.4, -0.2) is 42.8 Å². The molecule has 0 bridgehead atoms. The van der Waals surface area contributed by atoms with E-state index < -0.39 is 15.8 Å². The van der Waals surface area contributed by atoms with Crippen LogP contribution < -0.4 is 0 Å². The zero-order valence-corrected chi connectivity index (χ0v) is 12.4. The number of piperidine rings is 1. The quantitative estimate of drug-likeness (QED) is 0.838. The van der Waals surface area contributed by atoms with Gasteiger partial charge in [-0.2, -0.15) is 5.26 Å². The molecule has 5 nitrogen and oxygen atoms in total. The summed E-state index contributed by atoms with van der Waals surface area (Å²) < 4.78 is 25.0. The van der Waals surface area contributed by atoms with Crippen LogP contribution in [0.25, 0.3) is 0 Å². The monoisotopic (exact) mass is 286 g/mol. The summed E-state index contributed by atoms with van der Waals surface area (Å²) in [5.41, 5.74) is -0.0758. The van der Waals surface area contributed by atoms with Crippen molar-refractivity contribution in [2.45, 2.75) is 39.2 Å². The molecule has 2 rings (SSSR count). The lowest BCUT2D eigenvalue weighted by Crippen LogP contribution is -2.59. The SMILES string of the molecule is CC(C)C1CC2(CCN(S(=O)(=O)CC#N)CC2)C1O. The van der Waals surface area contributed by atoms with E-state index in [0.29, 0.717) is 37.8 Å². The van der Waals surface area contributed by atoms with Gasteiger partial charge < -0.3 is 5.11 Å². The predicted octanol–water partition coefficient (Wildman–Crippen LogP) is 0.959. The number of hydrogen-bond donors (Lipinski definition) is 1. The lowest BCUT2D eigenvalue weighted by Gasteiger charge is -2.57. The molecule has 1 N–H and O–H groups in total. The fourth-order valence-electron chi connectivity index (χ4n) is 3.48. The van der Waals surface area contributed by atoms with E-state index in [-0.39, 0.29) is 11.5 Å². The number of nitriles is 1. The van der Waals surface area contributed by atoms with Gasteiger partial charge in [-0.25, -0.2) is 12.7 Å². The minimum Gasteiger partial charge on any atom is -0.392 e. The summed E-state index contributed by atoms with van der Waals surface area (Å²) >= 11 is 0. The normalized spacial score (nSPS) is 31.1. The molecule has 19 heavy (non-hydrogen) atoms. The van der Waals surface area contributed by atoms with Crippen molar-refractivity contribution in [2.75, 3.05) is 18.8 Å². The first-order valence-electron chi connectivity index (χ1n) is 6.85. The van der Waals surface area contributed by atoms with Crippen LogP contribution in [0, 0.1) is 28.6 Å². The van der Waals surface area contributed by atoms with Gasteiger partial charge in [-0.15, -0.1) is 0 Å². The van der Waals surface area contributed by atoms with Crippen molar-refractivity contribution < 1.29 is 13.5 Å². The Bertz CT molecular complexity index is 473. The van der Waals surface area contributed by atoms with Gasteiger partial charge in [0.2, 0.25) is 10.0 Å². The molecule has 0 amide bonds. The van der Waals surface area contributed by atoms with E-state index in [9.17, 15) is 13.5 Å². The van der Waals surface area contributed by atoms with Crippen molar-refractivity contribution in [1.82, 2.24) is 4.31 Å². The highest BCUT2D eigenvalue weighted by Crippen LogP contribution is 2.55. The molecule has 1 aliphatic carbocycles. The van der Waals surface area contributed by atoms with Crippen molar-refractivity contribution in [1.29, 1.82) is 5.26 Å². The van der Waals surface area contributed by atoms with Crippen LogP contribution in [0.1, 0.15) is 33.1 Å². The van der Waals surface area contributed by atoms with Crippen molar-refractivity contribution in [2.24, 2.45) is 17.3 Å². The molecule has 1 aliphatic heterocycles. The Morgan fingerprint density at radius 3 is 2.42 bits per heavy atom. The highest BCUT2D eigenvalue weighted by atomic mass is 32.2. The average molecular weight is 286 g/mol. The predicted molar refractivity (Wildman–Crippen MR) is 71.6 cm³/mol. The third-order valence-electron chi connectivity index (χ3n) is 4.89. The Hall–Kier alpha value is -0.640. The third kappa shape index (κ3) is 2.51. The van der Waals surface area contributed by atoms with Gasteiger partial charge in [0.1, 0.15) is 0 Å². The van der Waals surface area contributed by atoms with Gasteiger partial charge in [-0.3, -0.25) is 0 Å². The second kappa shape index (κ2) is 5.04. The van der Waals surface area contributed by atoms with Gasteiger partial charge in [-0.05, 0) is 36.5 Å². The Morgan fingerprint density at radius 1 is 1.42 bits per heavy atom. The van der Waals surface area contributed by atoms with E-state index in [1.165, 1.54) is 4.31 Å². The zero-order valence-electron chi connectivity index (χ0n) is 11.5. The molecule has 0 radical (unpaired) electrons. The standard InChI is InChI=1S/C13H22N2O3S/c1-10(2)11-9-13(12(11)16)3-6-15(7-4-13)19(17,18)8-5-14/h10-12,16H,3-4,6-9H2,1-2H3. The Balaban J connectivity index is 1.96. The molecule has 2 aliphatic rings. The Morgan fingerprint density at radius 2 is 2.00 bits per heavy atom. The Labute approximate surface area is 115 Å². The number of hydrogen-bond acceptors (Lipinski definition) is 4. The molecule has 1 heterocycles. The number of sulfonamides is 1. The van der Waals surface area contributed by atoms with Crippen LogP contribution in [0.5, 0.6) is 0 Å². The maximum atomic E-state index is 11.8. The first-order valence-corrected chi connectivity index (χ1v) is 8.46. The van der Waals surface area contributed by atoms with E-state index in [1.807, 2.05) is 0 Å². The first kappa shape index (κ1) is 14.8. The van der Waals surface area contributed by atoms with Gasteiger partial charge in [0.25, 0.3) is 0 Å². The largest absolute Gasteiger partial charge is 0.392 e. The highest BCUT2D eigenvalue weighted by molar-refractivity contribution is 7.89. The molecule has 1 spiro atoms. The van der Waals surface area contributed by atoms with E-state index in [1.54, 1.807) is 6.07 Å². The first-order chi connectivity index (χ1) is 8.82. The average Bonchev–Trinajstić information content (AvgIpc) is 2.35. The summed E-state index contributed by atoms with van der Waals surface area (Å²) in [5, 5.41) is 18.9. The van der Waals surface area contributed by atoms with Crippen molar-refractivity contribution in [3.05, 3.63) is 0 Å². The van der Waals surface area contributed by atoms with Gasteiger partial charge >= 0.3 is 0 Å². The molecular weight excluding hydrogens is 264 g/mol. The second-order valence-electron chi connectivity index (χ2n) is 6.23. The summed E-state index contributed by atoms with van der Waals surface area (Å²) in [6.45, 7) is 5.11. The zero-order chi connectivity index (χ0) is 14.3. The summed E-state index contributed by atoms with van der Waals surface area (Å²) in [4.78, 5) is 0. The molecule has 0 aromatic heterocycles. The van der Waals surface area contributed by atoms with Crippen LogP contribution in [0.2, 0.25) is 0 Å². The molecule has 6 heteroatoms. The lowest BCUT2D eigenvalue weighted by molar-refractivity contribution is -0.156. The van der Waals surface area contributed by atoms with Gasteiger partial charge in [0, 0.05) is 13.1 Å². The summed E-state index contributed by atoms with van der Waals surface area (Å²) in [6, 6.07) is 1.71. The van der Waals surface area contributed by atoms with Gasteiger partial charge in [-0.1, -0.05) is 13.8 Å². The van der Waals surface area contributed by atoms with Gasteiger partial charge in [0.05, 0.1) is 12.2 Å². The number of nitrogens with zero attached hydrogens (tertiary/aromatic N) is 2. The Kier molecular flexibility index (Phi) is 3.92. The molecule has 2 fully saturated rings. The molecule has 2 unspecified atom stereocenters. The van der Waals surface area contributed by atoms with Crippen LogP contribution >= 0.6 is 0 Å². The topological polar surface area (TPSA) is 81.4 Å². The molecule has 1 saturated carbocycles. The van der Waals surface area contributed by atoms with E-state index in [4.69, 9.17) is 5.26 Å². The second-order valence-corrected chi connectivity index (χ2v) is 8.20. The third-order valence-corrected chi connectivity index (χ3v) is 6.54. The summed E-state index contributed by atoms with van der Waals surface area (Å²) in [7, 11) is -3.42. The number of rotatable bonds is 3. The number of aliphatic hydroxyl groups excluding tert-OH is 1. The minimum absolute atomic E-state index is 0.0758. The fourth-order valence-corrected chi connectivity index (χ4v) is 4.56. The van der Waals surface area contributed by atoms with Crippen molar-refractivity contribution >= 4 is 10.0 Å². The molecule has 2 atom stereocenters. The van der Waals surface area contributed by atoms with Crippen LogP contribution in [0.4, 0.5) is 0 Å². The van der Waals surface area contributed by atoms with Crippen molar-refractivity contribution in [3.63, 3.8) is 0 Å². The maximum absolute atomic E-state index is 11.8. The smallest absolute Gasteiger partial charge is 0.227 e. The molecule has 108 valence electrons.